The van der Waals surface area contributed by atoms with E-state index >= 15 is 0 Å². The largest absolute Gasteiger partial charge is 0.380 e. The fourth-order valence-electron chi connectivity index (χ4n) is 1.80. The minimum Gasteiger partial charge on any atom is -0.380 e. The third-order valence-electron chi connectivity index (χ3n) is 2.76. The predicted octanol–water partition coefficient (Wildman–Crippen LogP) is 4.05. The molecule has 1 atom stereocenters. The molecule has 2 rings (SSSR count). The highest BCUT2D eigenvalue weighted by Gasteiger charge is 2.32. The van der Waals surface area contributed by atoms with E-state index in [1.165, 1.54) is 11.3 Å². The van der Waals surface area contributed by atoms with Crippen LogP contribution in [0.15, 0.2) is 41.8 Å². The molecule has 1 N–H and O–H groups in total. The zero-order valence-corrected chi connectivity index (χ0v) is 10.6. The van der Waals surface area contributed by atoms with Gasteiger partial charge in [0.25, 0.3) is 0 Å². The SMILES string of the molecule is CCC(O)(c1ccccc1)c1sccc1Cl. The zero-order chi connectivity index (χ0) is 11.6. The summed E-state index contributed by atoms with van der Waals surface area (Å²) in [5, 5.41) is 13.3. The maximum Gasteiger partial charge on any atom is 0.125 e. The molecule has 0 saturated heterocycles. The smallest absolute Gasteiger partial charge is 0.125 e. The Morgan fingerprint density at radius 1 is 1.25 bits per heavy atom. The Kier molecular flexibility index (Phi) is 3.33. The first-order valence-corrected chi connectivity index (χ1v) is 6.45. The molecule has 84 valence electrons. The lowest BCUT2D eigenvalue weighted by molar-refractivity contribution is 0.0805. The van der Waals surface area contributed by atoms with Gasteiger partial charge in [-0.3, -0.25) is 0 Å². The second-order valence-electron chi connectivity index (χ2n) is 3.68. The van der Waals surface area contributed by atoms with Crippen molar-refractivity contribution in [3.8, 4) is 0 Å². The Morgan fingerprint density at radius 3 is 2.44 bits per heavy atom. The molecule has 0 amide bonds. The summed E-state index contributed by atoms with van der Waals surface area (Å²) >= 11 is 7.60. The Balaban J connectivity index is 2.53. The fourth-order valence-corrected chi connectivity index (χ4v) is 3.20. The van der Waals surface area contributed by atoms with Crippen LogP contribution in [0.1, 0.15) is 23.8 Å². The molecule has 0 radical (unpaired) electrons. The van der Waals surface area contributed by atoms with E-state index < -0.39 is 5.60 Å². The summed E-state index contributed by atoms with van der Waals surface area (Å²) in [5.74, 6) is 0. The van der Waals surface area contributed by atoms with E-state index in [2.05, 4.69) is 0 Å². The number of aliphatic hydroxyl groups is 1. The van der Waals surface area contributed by atoms with Gasteiger partial charge >= 0.3 is 0 Å². The lowest BCUT2D eigenvalue weighted by Crippen LogP contribution is -2.25. The maximum absolute atomic E-state index is 10.8. The van der Waals surface area contributed by atoms with Crippen molar-refractivity contribution in [1.82, 2.24) is 0 Å². The molecule has 1 unspecified atom stereocenters. The van der Waals surface area contributed by atoms with E-state index in [0.29, 0.717) is 11.4 Å². The standard InChI is InChI=1S/C13H13ClOS/c1-2-13(15,10-6-4-3-5-7-10)12-11(14)8-9-16-12/h3-9,15H,2H2,1H3. The van der Waals surface area contributed by atoms with Crippen LogP contribution in [0, 0.1) is 0 Å². The van der Waals surface area contributed by atoms with E-state index in [-0.39, 0.29) is 0 Å². The fraction of sp³-hybridized carbons (Fsp3) is 0.231. The minimum atomic E-state index is -0.966. The molecule has 1 aromatic carbocycles. The Bertz CT molecular complexity index is 466. The molecule has 0 spiro atoms. The summed E-state index contributed by atoms with van der Waals surface area (Å²) in [5.41, 5.74) is -0.0752. The number of hydrogen-bond acceptors (Lipinski definition) is 2. The maximum atomic E-state index is 10.8. The number of benzene rings is 1. The van der Waals surface area contributed by atoms with Crippen LogP contribution in [-0.2, 0) is 5.60 Å². The van der Waals surface area contributed by atoms with Crippen LogP contribution in [0.25, 0.3) is 0 Å². The summed E-state index contributed by atoms with van der Waals surface area (Å²) < 4.78 is 0. The number of rotatable bonds is 3. The van der Waals surface area contributed by atoms with Crippen molar-refractivity contribution in [1.29, 1.82) is 0 Å². The van der Waals surface area contributed by atoms with E-state index in [9.17, 15) is 5.11 Å². The summed E-state index contributed by atoms with van der Waals surface area (Å²) in [4.78, 5) is 0.822. The molecule has 16 heavy (non-hydrogen) atoms. The average Bonchev–Trinajstić information content (AvgIpc) is 2.76. The van der Waals surface area contributed by atoms with Crippen LogP contribution in [0.3, 0.4) is 0 Å². The van der Waals surface area contributed by atoms with E-state index in [1.54, 1.807) is 0 Å². The molecule has 1 aromatic heterocycles. The molecular formula is C13H13ClOS. The third kappa shape index (κ3) is 1.88. The number of hydrogen-bond donors (Lipinski definition) is 1. The molecule has 0 fully saturated rings. The van der Waals surface area contributed by atoms with Crippen molar-refractivity contribution < 1.29 is 5.11 Å². The second-order valence-corrected chi connectivity index (χ2v) is 5.00. The van der Waals surface area contributed by atoms with Crippen LogP contribution in [0.2, 0.25) is 5.02 Å². The molecule has 2 aromatic rings. The first kappa shape index (κ1) is 11.6. The van der Waals surface area contributed by atoms with Crippen molar-refractivity contribution in [3.63, 3.8) is 0 Å². The average molecular weight is 253 g/mol. The monoisotopic (exact) mass is 252 g/mol. The highest BCUT2D eigenvalue weighted by atomic mass is 35.5. The van der Waals surface area contributed by atoms with Gasteiger partial charge in [-0.25, -0.2) is 0 Å². The van der Waals surface area contributed by atoms with E-state index in [0.717, 1.165) is 10.4 Å². The first-order chi connectivity index (χ1) is 7.68. The molecule has 0 aliphatic rings. The van der Waals surface area contributed by atoms with Crippen molar-refractivity contribution in [3.05, 3.63) is 57.2 Å². The molecular weight excluding hydrogens is 240 g/mol. The van der Waals surface area contributed by atoms with Crippen LogP contribution >= 0.6 is 22.9 Å². The lowest BCUT2D eigenvalue weighted by atomic mass is 9.89. The van der Waals surface area contributed by atoms with Crippen molar-refractivity contribution in [2.45, 2.75) is 18.9 Å². The van der Waals surface area contributed by atoms with Gasteiger partial charge in [0.2, 0.25) is 0 Å². The molecule has 3 heteroatoms. The van der Waals surface area contributed by atoms with E-state index in [4.69, 9.17) is 11.6 Å². The minimum absolute atomic E-state index is 0.608. The molecule has 0 saturated carbocycles. The molecule has 0 aliphatic carbocycles. The highest BCUT2D eigenvalue weighted by molar-refractivity contribution is 7.10. The van der Waals surface area contributed by atoms with Gasteiger partial charge < -0.3 is 5.11 Å². The summed E-state index contributed by atoms with van der Waals surface area (Å²) in [7, 11) is 0. The Labute approximate surface area is 104 Å². The second kappa shape index (κ2) is 4.58. The molecule has 1 heterocycles. The highest BCUT2D eigenvalue weighted by Crippen LogP contribution is 2.40. The topological polar surface area (TPSA) is 20.2 Å². The Hall–Kier alpha value is -0.830. The molecule has 0 aliphatic heterocycles. The van der Waals surface area contributed by atoms with Gasteiger partial charge in [-0.05, 0) is 23.4 Å². The van der Waals surface area contributed by atoms with E-state index in [1.807, 2.05) is 48.7 Å². The van der Waals surface area contributed by atoms with Gasteiger partial charge in [-0.1, -0.05) is 48.9 Å². The van der Waals surface area contributed by atoms with Crippen molar-refractivity contribution >= 4 is 22.9 Å². The molecule has 1 nitrogen and oxygen atoms in total. The van der Waals surface area contributed by atoms with Crippen LogP contribution in [0.4, 0.5) is 0 Å². The zero-order valence-electron chi connectivity index (χ0n) is 8.98. The predicted molar refractivity (Wildman–Crippen MR) is 69.1 cm³/mol. The normalized spacial score (nSPS) is 14.7. The van der Waals surface area contributed by atoms with Crippen molar-refractivity contribution in [2.75, 3.05) is 0 Å². The van der Waals surface area contributed by atoms with Gasteiger partial charge in [-0.15, -0.1) is 11.3 Å². The summed E-state index contributed by atoms with van der Waals surface area (Å²) in [6.45, 7) is 1.96. The van der Waals surface area contributed by atoms with Gasteiger partial charge in [0.05, 0.1) is 9.90 Å². The van der Waals surface area contributed by atoms with Crippen molar-refractivity contribution in [2.24, 2.45) is 0 Å². The summed E-state index contributed by atoms with van der Waals surface area (Å²) in [6, 6.07) is 11.5. The van der Waals surface area contributed by atoms with Crippen LogP contribution in [0.5, 0.6) is 0 Å². The third-order valence-corrected chi connectivity index (χ3v) is 4.25. The Morgan fingerprint density at radius 2 is 1.94 bits per heavy atom. The van der Waals surface area contributed by atoms with Gasteiger partial charge in [0, 0.05) is 0 Å². The molecule has 0 bridgehead atoms. The first-order valence-electron chi connectivity index (χ1n) is 5.20. The quantitative estimate of drug-likeness (QED) is 0.874. The number of thiophene rings is 1. The van der Waals surface area contributed by atoms with Gasteiger partial charge in [-0.2, -0.15) is 0 Å². The van der Waals surface area contributed by atoms with Crippen LogP contribution < -0.4 is 0 Å². The van der Waals surface area contributed by atoms with Gasteiger partial charge in [0.15, 0.2) is 0 Å². The van der Waals surface area contributed by atoms with Crippen LogP contribution in [-0.4, -0.2) is 5.11 Å². The summed E-state index contributed by atoms with van der Waals surface area (Å²) in [6.07, 6.45) is 0.608. The van der Waals surface area contributed by atoms with Gasteiger partial charge in [0.1, 0.15) is 5.60 Å². The number of halogens is 1. The lowest BCUT2D eigenvalue weighted by Gasteiger charge is -2.26.